The molecule has 0 N–H and O–H groups in total. The zero-order chi connectivity index (χ0) is 65.3. The van der Waals surface area contributed by atoms with Gasteiger partial charge in [-0.05, 0) is 134 Å². The minimum atomic E-state index is -4.99. The van der Waals surface area contributed by atoms with Crippen molar-refractivity contribution in [2.75, 3.05) is 0 Å². The van der Waals surface area contributed by atoms with Crippen LogP contribution in [-0.2, 0) is 18.5 Å². The highest BCUT2D eigenvalue weighted by atomic mass is 19.4. The number of halogens is 9. The maximum Gasteiger partial charge on any atom is 0.420 e. The number of benzene rings is 12. The summed E-state index contributed by atoms with van der Waals surface area (Å²) >= 11 is 0. The Morgan fingerprint density at radius 3 is 0.947 bits per heavy atom. The average Bonchev–Trinajstić information content (AvgIpc) is 1.43. The molecule has 0 fully saturated rings. The van der Waals surface area contributed by atoms with E-state index in [1.54, 1.807) is 59.2 Å². The van der Waals surface area contributed by atoms with Crippen molar-refractivity contribution in [2.45, 2.75) is 46.2 Å². The lowest BCUT2D eigenvalue weighted by Gasteiger charge is -2.25. The molecule has 0 aliphatic heterocycles. The fourth-order valence-electron chi connectivity index (χ4n) is 14.1. The smallest absolute Gasteiger partial charge is 0.309 e. The molecule has 0 atom stereocenters. The summed E-state index contributed by atoms with van der Waals surface area (Å²) in [5.41, 5.74) is 6.95. The number of alkyl halides is 9. The fraction of sp³-hybridized carbons (Fsp3) is 0.0875. The zero-order valence-corrected chi connectivity index (χ0v) is 50.7. The minimum Gasteiger partial charge on any atom is -0.309 e. The standard InChI is InChI=1S/C40H26F6N2.C40H26F3N3/c1-23-15-17-28-26-10-4-7-13-32(26)47(35(28)21-23)34-20-19-30(25-9-3-6-12-31(25)39(41,42)43)38(37(34)40(44,45)46)48-33-14-8-5-11-27(33)29-18-16-24(2)22-36(29)48;1-24-15-17-29-27-10-4-7-13-34(27)45(37(29)21-24)36-20-19-31(26-9-3-6-12-33(26)40(41,42)43)39(32(36)23-44)46-35-14-8-5-11-28(35)30-18-16-25(2)22-38(30)46/h3-22H,1-2H3;3-22H,1-2H3. The number of para-hydroxylation sites is 4. The van der Waals surface area contributed by atoms with Crippen LogP contribution in [0.1, 0.15) is 44.5 Å². The van der Waals surface area contributed by atoms with Crippen molar-refractivity contribution in [3.05, 3.63) is 287 Å². The monoisotopic (exact) mass is 1250 g/mol. The molecule has 5 nitrogen and oxygen atoms in total. The summed E-state index contributed by atoms with van der Waals surface area (Å²) in [7, 11) is 0. The second-order valence-electron chi connectivity index (χ2n) is 23.9. The van der Waals surface area contributed by atoms with Crippen molar-refractivity contribution in [2.24, 2.45) is 0 Å². The number of aryl methyl sites for hydroxylation is 4. The van der Waals surface area contributed by atoms with Gasteiger partial charge in [0.1, 0.15) is 17.2 Å². The SMILES string of the molecule is Cc1ccc2c3ccccc3n(-c3ccc(-c4ccccc4C(F)(F)F)c(-n4c5ccccc5c5ccc(C)cc54)c3C#N)c2c1.Cc1ccc2c3ccccc3n(-c3ccc(-c4ccccc4C(F)(F)F)c(-n4c5ccccc5c5ccc(C)cc54)c3C(F)(F)F)c2c1. The number of nitrogens with zero attached hydrogens (tertiary/aromatic N) is 5. The van der Waals surface area contributed by atoms with Gasteiger partial charge in [0, 0.05) is 54.2 Å². The Bertz CT molecular complexity index is 5840. The van der Waals surface area contributed by atoms with Crippen molar-refractivity contribution in [1.82, 2.24) is 18.3 Å². The number of fused-ring (bicyclic) bond motifs is 12. The molecule has 16 rings (SSSR count). The normalized spacial score (nSPS) is 12.3. The second kappa shape index (κ2) is 21.9. The Morgan fingerprint density at radius 2 is 0.574 bits per heavy atom. The predicted molar refractivity (Wildman–Crippen MR) is 360 cm³/mol. The molecular weight excluding hydrogens is 1200 g/mol. The van der Waals surface area contributed by atoms with E-state index >= 15 is 13.2 Å². The Balaban J connectivity index is 0.000000155. The van der Waals surface area contributed by atoms with E-state index in [0.717, 1.165) is 88.8 Å². The van der Waals surface area contributed by atoms with Crippen LogP contribution < -0.4 is 0 Å². The van der Waals surface area contributed by atoms with Gasteiger partial charge in [-0.2, -0.15) is 44.8 Å². The largest absolute Gasteiger partial charge is 0.420 e. The molecule has 0 unspecified atom stereocenters. The summed E-state index contributed by atoms with van der Waals surface area (Å²) in [6, 6.07) is 72.7. The van der Waals surface area contributed by atoms with E-state index in [1.807, 2.05) is 141 Å². The third-order valence-corrected chi connectivity index (χ3v) is 18.0. The summed E-state index contributed by atoms with van der Waals surface area (Å²) in [4.78, 5) is 0. The van der Waals surface area contributed by atoms with E-state index in [9.17, 15) is 31.6 Å². The first kappa shape index (κ1) is 59.0. The highest BCUT2D eigenvalue weighted by Crippen LogP contribution is 2.51. The quantitative estimate of drug-likeness (QED) is 0.153. The Hall–Kier alpha value is -11.3. The highest BCUT2D eigenvalue weighted by Gasteiger charge is 2.42. The molecule has 0 aliphatic rings. The van der Waals surface area contributed by atoms with Gasteiger partial charge in [0.25, 0.3) is 0 Å². The molecule has 0 radical (unpaired) electrons. The average molecular weight is 1250 g/mol. The molecule has 4 aromatic heterocycles. The summed E-state index contributed by atoms with van der Waals surface area (Å²) in [6.07, 6.45) is -14.4. The maximum atomic E-state index is 16.0. The Kier molecular flexibility index (Phi) is 13.8. The van der Waals surface area contributed by atoms with E-state index in [-0.39, 0.29) is 33.6 Å². The fourth-order valence-corrected chi connectivity index (χ4v) is 14.1. The van der Waals surface area contributed by atoms with Crippen LogP contribution in [0.15, 0.2) is 243 Å². The lowest BCUT2D eigenvalue weighted by atomic mass is 9.93. The maximum absolute atomic E-state index is 16.0. The summed E-state index contributed by atoms with van der Waals surface area (Å²) in [5.74, 6) is 0. The molecule has 14 heteroatoms. The molecule has 460 valence electrons. The van der Waals surface area contributed by atoms with E-state index in [1.165, 1.54) is 47.0 Å². The zero-order valence-electron chi connectivity index (χ0n) is 50.7. The number of rotatable bonds is 6. The molecule has 0 saturated heterocycles. The lowest BCUT2D eigenvalue weighted by Crippen LogP contribution is -2.17. The molecule has 0 bridgehead atoms. The van der Waals surface area contributed by atoms with Gasteiger partial charge >= 0.3 is 18.5 Å². The van der Waals surface area contributed by atoms with E-state index < -0.39 is 35.2 Å². The van der Waals surface area contributed by atoms with E-state index in [4.69, 9.17) is 0 Å². The molecule has 94 heavy (non-hydrogen) atoms. The first-order chi connectivity index (χ1) is 45.2. The summed E-state index contributed by atoms with van der Waals surface area (Å²) in [5, 5.41) is 18.0. The number of hydrogen-bond donors (Lipinski definition) is 0. The van der Waals surface area contributed by atoms with Crippen molar-refractivity contribution in [3.8, 4) is 51.1 Å². The number of aromatic nitrogens is 4. The molecule has 12 aromatic carbocycles. The van der Waals surface area contributed by atoms with Crippen molar-refractivity contribution in [3.63, 3.8) is 0 Å². The van der Waals surface area contributed by atoms with E-state index in [0.29, 0.717) is 49.8 Å². The van der Waals surface area contributed by atoms with Crippen LogP contribution in [0.5, 0.6) is 0 Å². The highest BCUT2D eigenvalue weighted by molar-refractivity contribution is 6.14. The number of hydrogen-bond acceptors (Lipinski definition) is 1. The predicted octanol–water partition coefficient (Wildman–Crippen LogP) is 23.3. The van der Waals surface area contributed by atoms with Crippen LogP contribution in [0.3, 0.4) is 0 Å². The van der Waals surface area contributed by atoms with Crippen LogP contribution in [-0.4, -0.2) is 18.3 Å². The Labute approximate surface area is 532 Å². The third kappa shape index (κ3) is 9.47. The van der Waals surface area contributed by atoms with Crippen LogP contribution in [0.25, 0.3) is 132 Å². The molecule has 16 aromatic rings. The molecule has 0 saturated carbocycles. The lowest BCUT2D eigenvalue weighted by molar-refractivity contribution is -0.138. The van der Waals surface area contributed by atoms with Gasteiger partial charge in [0.05, 0.1) is 78.0 Å². The van der Waals surface area contributed by atoms with Gasteiger partial charge in [0.2, 0.25) is 0 Å². The van der Waals surface area contributed by atoms with Gasteiger partial charge in [0.15, 0.2) is 0 Å². The van der Waals surface area contributed by atoms with Crippen LogP contribution in [0.4, 0.5) is 39.5 Å². The summed E-state index contributed by atoms with van der Waals surface area (Å²) < 4.78 is 143. The molecule has 0 amide bonds. The van der Waals surface area contributed by atoms with Gasteiger partial charge < -0.3 is 18.3 Å². The summed E-state index contributed by atoms with van der Waals surface area (Å²) in [6.45, 7) is 7.72. The van der Waals surface area contributed by atoms with Gasteiger partial charge in [-0.25, -0.2) is 0 Å². The topological polar surface area (TPSA) is 43.5 Å². The molecular formula is C80H52F9N5. The van der Waals surface area contributed by atoms with Crippen molar-refractivity contribution < 1.29 is 39.5 Å². The Morgan fingerprint density at radius 1 is 0.277 bits per heavy atom. The third-order valence-electron chi connectivity index (χ3n) is 18.0. The first-order valence-corrected chi connectivity index (χ1v) is 30.3. The first-order valence-electron chi connectivity index (χ1n) is 30.3. The molecule has 0 spiro atoms. The van der Waals surface area contributed by atoms with Gasteiger partial charge in [-0.3, -0.25) is 0 Å². The number of nitriles is 1. The van der Waals surface area contributed by atoms with Crippen LogP contribution >= 0.6 is 0 Å². The minimum absolute atomic E-state index is 0.0182. The molecule has 4 heterocycles. The van der Waals surface area contributed by atoms with E-state index in [2.05, 4.69) is 34.9 Å². The van der Waals surface area contributed by atoms with Crippen LogP contribution in [0, 0.1) is 39.0 Å². The van der Waals surface area contributed by atoms with Crippen molar-refractivity contribution >= 4 is 87.2 Å². The van der Waals surface area contributed by atoms with Gasteiger partial charge in [-0.15, -0.1) is 0 Å². The van der Waals surface area contributed by atoms with Gasteiger partial charge in [-0.1, -0.05) is 170 Å². The van der Waals surface area contributed by atoms with Crippen LogP contribution in [0.2, 0.25) is 0 Å². The van der Waals surface area contributed by atoms with Crippen molar-refractivity contribution in [1.29, 1.82) is 5.26 Å². The second-order valence-corrected chi connectivity index (χ2v) is 23.9. The molecule has 0 aliphatic carbocycles.